The second-order valence-corrected chi connectivity index (χ2v) is 12.1. The molecule has 2 aromatic rings. The molecule has 1 saturated heterocycles. The summed E-state index contributed by atoms with van der Waals surface area (Å²) in [4.78, 5) is 42.6. The van der Waals surface area contributed by atoms with Gasteiger partial charge in [-0.3, -0.25) is 14.9 Å². The molecule has 1 aliphatic heterocycles. The normalized spacial score (nSPS) is 22.6. The van der Waals surface area contributed by atoms with E-state index in [1.54, 1.807) is 74.5 Å². The van der Waals surface area contributed by atoms with E-state index in [0.717, 1.165) is 12.1 Å². The van der Waals surface area contributed by atoms with Crippen LogP contribution in [0.2, 0.25) is 0 Å². The standard InChI is InChI=1S/C31H39N7O4/c1-21(18-23-19-22(16-17-32)30(23,2)3)34-35-26(39)20-36-29(41)37(25-14-10-7-11-15-25)27(31(36,4)5)38(42)28(40)33-24-12-8-6-9-13-24/h6-15,22-23,27,42H,16,18-20H2,1-5H3,(H,33,40)(H,35,39). The topological polar surface area (TPSA) is 141 Å². The van der Waals surface area contributed by atoms with E-state index in [4.69, 9.17) is 5.26 Å². The maximum Gasteiger partial charge on any atom is 0.347 e. The van der Waals surface area contributed by atoms with Gasteiger partial charge >= 0.3 is 12.1 Å². The summed E-state index contributed by atoms with van der Waals surface area (Å²) in [7, 11) is 0. The number of benzene rings is 2. The van der Waals surface area contributed by atoms with Crippen LogP contribution in [0, 0.1) is 28.6 Å². The van der Waals surface area contributed by atoms with E-state index >= 15 is 0 Å². The molecule has 222 valence electrons. The van der Waals surface area contributed by atoms with E-state index < -0.39 is 29.7 Å². The van der Waals surface area contributed by atoms with Gasteiger partial charge in [-0.1, -0.05) is 50.2 Å². The highest BCUT2D eigenvalue weighted by atomic mass is 16.5. The van der Waals surface area contributed by atoms with Crippen molar-refractivity contribution >= 4 is 35.1 Å². The highest BCUT2D eigenvalue weighted by Gasteiger charge is 2.56. The predicted molar refractivity (Wildman–Crippen MR) is 159 cm³/mol. The van der Waals surface area contributed by atoms with Crippen molar-refractivity contribution in [3.05, 3.63) is 60.7 Å². The Hall–Kier alpha value is -4.43. The van der Waals surface area contributed by atoms with Gasteiger partial charge in [-0.05, 0) is 75.1 Å². The van der Waals surface area contributed by atoms with Gasteiger partial charge in [0.05, 0.1) is 11.6 Å². The Labute approximate surface area is 246 Å². The van der Waals surface area contributed by atoms with Gasteiger partial charge in [0, 0.05) is 23.5 Å². The second-order valence-electron chi connectivity index (χ2n) is 12.1. The van der Waals surface area contributed by atoms with Gasteiger partial charge in [0.2, 0.25) is 0 Å². The van der Waals surface area contributed by atoms with E-state index in [2.05, 4.69) is 35.8 Å². The van der Waals surface area contributed by atoms with Crippen LogP contribution in [-0.4, -0.2) is 57.1 Å². The Balaban J connectivity index is 1.48. The summed E-state index contributed by atoms with van der Waals surface area (Å²) < 4.78 is 0. The number of carbonyl (C=O) groups is 3. The van der Waals surface area contributed by atoms with Crippen LogP contribution in [0.25, 0.3) is 0 Å². The molecule has 1 saturated carbocycles. The molecule has 11 heteroatoms. The van der Waals surface area contributed by atoms with Gasteiger partial charge in [0.15, 0.2) is 6.17 Å². The fourth-order valence-electron chi connectivity index (χ4n) is 5.94. The van der Waals surface area contributed by atoms with Crippen LogP contribution < -0.4 is 15.6 Å². The third-order valence-corrected chi connectivity index (χ3v) is 8.73. The second kappa shape index (κ2) is 12.2. The summed E-state index contributed by atoms with van der Waals surface area (Å²) in [6.07, 6.45) is 1.03. The average Bonchev–Trinajstić information content (AvgIpc) is 3.16. The first kappa shape index (κ1) is 30.5. The lowest BCUT2D eigenvalue weighted by Gasteiger charge is -2.52. The highest BCUT2D eigenvalue weighted by molar-refractivity contribution is 6.00. The first-order chi connectivity index (χ1) is 19.9. The first-order valence-corrected chi connectivity index (χ1v) is 14.1. The molecule has 0 bridgehead atoms. The lowest BCUT2D eigenvalue weighted by Crippen LogP contribution is -2.58. The maximum atomic E-state index is 13.8. The number of anilines is 2. The number of nitriles is 1. The third-order valence-electron chi connectivity index (χ3n) is 8.73. The number of urea groups is 2. The quantitative estimate of drug-likeness (QED) is 0.209. The Kier molecular flexibility index (Phi) is 8.87. The van der Waals surface area contributed by atoms with Crippen molar-refractivity contribution in [2.75, 3.05) is 16.8 Å². The van der Waals surface area contributed by atoms with Crippen LogP contribution in [0.15, 0.2) is 65.8 Å². The van der Waals surface area contributed by atoms with Gasteiger partial charge in [-0.2, -0.15) is 15.4 Å². The smallest absolute Gasteiger partial charge is 0.306 e. The van der Waals surface area contributed by atoms with E-state index in [0.29, 0.717) is 41.1 Å². The third kappa shape index (κ3) is 6.09. The van der Waals surface area contributed by atoms with Crippen LogP contribution in [0.5, 0.6) is 0 Å². The van der Waals surface area contributed by atoms with Crippen molar-refractivity contribution in [2.45, 2.75) is 65.6 Å². The van der Waals surface area contributed by atoms with Crippen molar-refractivity contribution in [1.29, 1.82) is 5.26 Å². The number of nitrogens with zero attached hydrogens (tertiary/aromatic N) is 5. The average molecular weight is 574 g/mol. The zero-order valence-corrected chi connectivity index (χ0v) is 24.7. The SMILES string of the molecule is CC(CC1CC(CC#N)C1(C)C)=NNC(=O)CN1C(=O)N(c2ccccc2)C(N(O)C(=O)Nc2ccccc2)C1(C)C. The van der Waals surface area contributed by atoms with Crippen molar-refractivity contribution < 1.29 is 19.6 Å². The highest BCUT2D eigenvalue weighted by Crippen LogP contribution is 2.54. The Morgan fingerprint density at radius 3 is 2.29 bits per heavy atom. The van der Waals surface area contributed by atoms with Gasteiger partial charge in [0.1, 0.15) is 6.54 Å². The van der Waals surface area contributed by atoms with Crippen molar-refractivity contribution in [2.24, 2.45) is 22.4 Å². The molecule has 0 spiro atoms. The molecular weight excluding hydrogens is 534 g/mol. The summed E-state index contributed by atoms with van der Waals surface area (Å²) in [5, 5.41) is 27.6. The molecule has 2 fully saturated rings. The summed E-state index contributed by atoms with van der Waals surface area (Å²) >= 11 is 0. The summed E-state index contributed by atoms with van der Waals surface area (Å²) in [5.74, 6) is 0.228. The van der Waals surface area contributed by atoms with Gasteiger partial charge in [-0.25, -0.2) is 15.0 Å². The van der Waals surface area contributed by atoms with Crippen LogP contribution in [0.1, 0.15) is 53.9 Å². The molecule has 1 heterocycles. The summed E-state index contributed by atoms with van der Waals surface area (Å²) in [6.45, 7) is 9.22. The van der Waals surface area contributed by atoms with Gasteiger partial charge in [0.25, 0.3) is 5.91 Å². The molecule has 3 atom stereocenters. The fourth-order valence-corrected chi connectivity index (χ4v) is 5.94. The molecule has 2 aromatic carbocycles. The van der Waals surface area contributed by atoms with E-state index in [1.165, 1.54) is 9.80 Å². The minimum atomic E-state index is -1.18. The van der Waals surface area contributed by atoms with E-state index in [1.807, 2.05) is 6.92 Å². The van der Waals surface area contributed by atoms with Crippen molar-refractivity contribution in [1.82, 2.24) is 15.4 Å². The number of hydroxylamine groups is 2. The number of carbonyl (C=O) groups excluding carboxylic acids is 3. The number of para-hydroxylation sites is 2. The molecule has 3 unspecified atom stereocenters. The number of rotatable bonds is 9. The van der Waals surface area contributed by atoms with Crippen molar-refractivity contribution in [3.63, 3.8) is 0 Å². The Morgan fingerprint density at radius 1 is 1.07 bits per heavy atom. The van der Waals surface area contributed by atoms with Crippen LogP contribution in [0.3, 0.4) is 0 Å². The molecule has 2 aliphatic rings. The number of hydrazone groups is 1. The Morgan fingerprint density at radius 2 is 1.69 bits per heavy atom. The van der Waals surface area contributed by atoms with Crippen LogP contribution in [0.4, 0.5) is 21.0 Å². The lowest BCUT2D eigenvalue weighted by atomic mass is 9.53. The first-order valence-electron chi connectivity index (χ1n) is 14.1. The summed E-state index contributed by atoms with van der Waals surface area (Å²) in [6, 6.07) is 18.2. The maximum absolute atomic E-state index is 13.8. The minimum absolute atomic E-state index is 0.0292. The Bertz CT molecular complexity index is 1370. The lowest BCUT2D eigenvalue weighted by molar-refractivity contribution is -0.124. The number of amides is 5. The molecule has 5 amide bonds. The number of hydrogen-bond donors (Lipinski definition) is 3. The summed E-state index contributed by atoms with van der Waals surface area (Å²) in [5.41, 5.74) is 3.11. The number of hydrogen-bond acceptors (Lipinski definition) is 6. The zero-order chi connectivity index (χ0) is 30.7. The van der Waals surface area contributed by atoms with Crippen LogP contribution in [-0.2, 0) is 4.79 Å². The largest absolute Gasteiger partial charge is 0.347 e. The van der Waals surface area contributed by atoms with Gasteiger partial charge in [-0.15, -0.1) is 0 Å². The fraction of sp³-hybridized carbons (Fsp3) is 0.452. The molecule has 0 radical (unpaired) electrons. The monoisotopic (exact) mass is 573 g/mol. The van der Waals surface area contributed by atoms with E-state index in [9.17, 15) is 19.6 Å². The molecule has 0 aromatic heterocycles. The van der Waals surface area contributed by atoms with E-state index in [-0.39, 0.29) is 12.0 Å². The molecular formula is C31H39N7O4. The number of nitrogens with one attached hydrogen (secondary N) is 2. The molecule has 1 aliphatic carbocycles. The van der Waals surface area contributed by atoms with Gasteiger partial charge < -0.3 is 10.2 Å². The molecule has 11 nitrogen and oxygen atoms in total. The zero-order valence-electron chi connectivity index (χ0n) is 24.7. The van der Waals surface area contributed by atoms with Crippen LogP contribution >= 0.6 is 0 Å². The molecule has 3 N–H and O–H groups in total. The minimum Gasteiger partial charge on any atom is -0.306 e. The predicted octanol–water partition coefficient (Wildman–Crippen LogP) is 5.41. The van der Waals surface area contributed by atoms with Crippen molar-refractivity contribution in [3.8, 4) is 6.07 Å². The molecule has 4 rings (SSSR count). The molecule has 42 heavy (non-hydrogen) atoms.